The fourth-order valence-corrected chi connectivity index (χ4v) is 3.94. The molecule has 1 saturated carbocycles. The predicted octanol–water partition coefficient (Wildman–Crippen LogP) is 4.29. The number of esters is 1. The molecule has 3 atom stereocenters. The van der Waals surface area contributed by atoms with E-state index in [1.54, 1.807) is 0 Å². The van der Waals surface area contributed by atoms with Gasteiger partial charge in [0.2, 0.25) is 0 Å². The lowest BCUT2D eigenvalue weighted by Gasteiger charge is -2.34. The third-order valence-corrected chi connectivity index (χ3v) is 5.69. The van der Waals surface area contributed by atoms with Crippen LogP contribution < -0.4 is 0 Å². The molecule has 0 spiro atoms. The number of carbonyl (C=O) groups excluding carboxylic acids is 1. The summed E-state index contributed by atoms with van der Waals surface area (Å²) in [6, 6.07) is 8.69. The van der Waals surface area contributed by atoms with Gasteiger partial charge in [-0.15, -0.1) is 0 Å². The van der Waals surface area contributed by atoms with Crippen LogP contribution in [0.25, 0.3) is 0 Å². The Morgan fingerprint density at radius 3 is 2.43 bits per heavy atom. The maximum absolute atomic E-state index is 12.6. The normalized spacial score (nSPS) is 21.2. The third-order valence-electron chi connectivity index (χ3n) is 5.69. The van der Waals surface area contributed by atoms with Crippen LogP contribution in [-0.4, -0.2) is 42.1 Å². The Bertz CT molecular complexity index is 694. The summed E-state index contributed by atoms with van der Waals surface area (Å²) in [6.45, 7) is 9.31. The maximum Gasteiger partial charge on any atom is 0.314 e. The van der Waals surface area contributed by atoms with Crippen LogP contribution in [0.2, 0.25) is 0 Å². The molecule has 0 heterocycles. The van der Waals surface area contributed by atoms with E-state index < -0.39 is 0 Å². The van der Waals surface area contributed by atoms with E-state index in [9.17, 15) is 9.90 Å². The molecule has 0 saturated heterocycles. The molecule has 2 rings (SSSR count). The van der Waals surface area contributed by atoms with Crippen LogP contribution in [0, 0.1) is 5.92 Å². The predicted molar refractivity (Wildman–Crippen MR) is 118 cm³/mol. The first-order valence-electron chi connectivity index (χ1n) is 10.9. The number of ether oxygens (including phenoxy) is 2. The Hall–Kier alpha value is -1.95. The van der Waals surface area contributed by atoms with Crippen molar-refractivity contribution in [1.82, 2.24) is 0 Å². The number of rotatable bonds is 12. The van der Waals surface area contributed by atoms with E-state index in [2.05, 4.69) is 44.3 Å². The van der Waals surface area contributed by atoms with Gasteiger partial charge in [0.15, 0.2) is 0 Å². The highest BCUT2D eigenvalue weighted by atomic mass is 16.5. The van der Waals surface area contributed by atoms with E-state index in [0.29, 0.717) is 18.4 Å². The Morgan fingerprint density at radius 1 is 1.07 bits per heavy atom. The van der Waals surface area contributed by atoms with Gasteiger partial charge in [0.25, 0.3) is 0 Å². The van der Waals surface area contributed by atoms with Gasteiger partial charge in [0.1, 0.15) is 12.4 Å². The lowest BCUT2D eigenvalue weighted by molar-refractivity contribution is -0.148. The van der Waals surface area contributed by atoms with E-state index in [0.717, 1.165) is 12.8 Å². The zero-order chi connectivity index (χ0) is 21.9. The van der Waals surface area contributed by atoms with Gasteiger partial charge in [-0.25, -0.2) is 0 Å². The number of unbranched alkanes of at least 4 members (excludes halogenated alkanes) is 2. The lowest BCUT2D eigenvalue weighted by Crippen LogP contribution is -2.33. The molecule has 166 valence electrons. The highest BCUT2D eigenvalue weighted by Gasteiger charge is 2.35. The molecule has 1 aliphatic carbocycles. The number of carbonyl (C=O) groups is 1. The van der Waals surface area contributed by atoms with Crippen molar-refractivity contribution in [3.8, 4) is 0 Å². The van der Waals surface area contributed by atoms with E-state index >= 15 is 0 Å². The Morgan fingerprint density at radius 2 is 1.80 bits per heavy atom. The number of aryl methyl sites for hydroxylation is 1. The van der Waals surface area contributed by atoms with Gasteiger partial charge in [-0.1, -0.05) is 57.2 Å². The summed E-state index contributed by atoms with van der Waals surface area (Å²) < 4.78 is 11.1. The monoisotopic (exact) mass is 416 g/mol. The Kier molecular flexibility index (Phi) is 10.3. The molecule has 5 nitrogen and oxygen atoms in total. The first-order chi connectivity index (χ1) is 14.5. The molecule has 5 heteroatoms. The minimum Gasteiger partial charge on any atom is -0.429 e. The maximum atomic E-state index is 12.6. The molecular weight excluding hydrogens is 380 g/mol. The summed E-state index contributed by atoms with van der Waals surface area (Å²) >= 11 is 0. The van der Waals surface area contributed by atoms with Gasteiger partial charge < -0.3 is 19.7 Å². The van der Waals surface area contributed by atoms with Crippen molar-refractivity contribution >= 4 is 5.97 Å². The number of hydrogen-bond acceptors (Lipinski definition) is 5. The summed E-state index contributed by atoms with van der Waals surface area (Å²) in [7, 11) is 0. The molecule has 0 aromatic heterocycles. The highest BCUT2D eigenvalue weighted by Crippen LogP contribution is 2.38. The highest BCUT2D eigenvalue weighted by molar-refractivity contribution is 5.73. The molecular formula is C25H36O5. The van der Waals surface area contributed by atoms with Crippen molar-refractivity contribution in [3.63, 3.8) is 0 Å². The lowest BCUT2D eigenvalue weighted by atomic mass is 9.76. The van der Waals surface area contributed by atoms with Gasteiger partial charge in [-0.3, -0.25) is 4.79 Å². The third kappa shape index (κ3) is 7.71. The Balaban J connectivity index is 2.08. The summed E-state index contributed by atoms with van der Waals surface area (Å²) in [5.41, 5.74) is 3.15. The van der Waals surface area contributed by atoms with E-state index in [1.807, 2.05) is 0 Å². The molecule has 0 bridgehead atoms. The molecule has 1 fully saturated rings. The number of aliphatic hydroxyl groups is 2. The average molecular weight is 417 g/mol. The van der Waals surface area contributed by atoms with E-state index in [-0.39, 0.29) is 49.5 Å². The summed E-state index contributed by atoms with van der Waals surface area (Å²) in [4.78, 5) is 12.6. The van der Waals surface area contributed by atoms with Crippen LogP contribution >= 0.6 is 0 Å². The number of benzene rings is 1. The fraction of sp³-hybridized carbons (Fsp3) is 0.560. The molecule has 30 heavy (non-hydrogen) atoms. The number of hydrogen-bond donors (Lipinski definition) is 2. The van der Waals surface area contributed by atoms with Crippen LogP contribution in [0.5, 0.6) is 0 Å². The van der Waals surface area contributed by atoms with Gasteiger partial charge in [-0.2, -0.15) is 0 Å². The van der Waals surface area contributed by atoms with Crippen molar-refractivity contribution in [2.24, 2.45) is 5.92 Å². The quantitative estimate of drug-likeness (QED) is 0.230. The molecule has 0 aliphatic heterocycles. The molecule has 3 unspecified atom stereocenters. The zero-order valence-electron chi connectivity index (χ0n) is 18.1. The number of aliphatic hydroxyl groups excluding tert-OH is 2. The first-order valence-corrected chi connectivity index (χ1v) is 10.9. The van der Waals surface area contributed by atoms with Crippen LogP contribution in [-0.2, 0) is 20.7 Å². The average Bonchev–Trinajstić information content (AvgIpc) is 2.77. The standard InChI is InChI=1S/C25H36O5/c1-4-5-6-7-20-8-10-21(11-9-20)22-12-23(25(28)30-19(3)16-27)14-24(13-22)29-17-18(2)15-26/h8-11,22-24,26-27H,2-7,12-17H2,1H3. The minimum absolute atomic E-state index is 0.0599. The molecule has 1 aromatic carbocycles. The SMILES string of the molecule is C=C(CO)COC1CC(C(=O)OC(=C)CO)CC(c2ccc(CCCCC)cc2)C1. The van der Waals surface area contributed by atoms with Crippen molar-refractivity contribution < 1.29 is 24.5 Å². The van der Waals surface area contributed by atoms with Crippen LogP contribution in [0.1, 0.15) is 62.5 Å². The zero-order valence-corrected chi connectivity index (χ0v) is 18.1. The van der Waals surface area contributed by atoms with Crippen LogP contribution in [0.15, 0.2) is 48.8 Å². The largest absolute Gasteiger partial charge is 0.429 e. The van der Waals surface area contributed by atoms with Crippen molar-refractivity contribution in [3.05, 3.63) is 59.9 Å². The molecule has 1 aliphatic rings. The second-order valence-corrected chi connectivity index (χ2v) is 8.26. The molecule has 1 aromatic rings. The fourth-order valence-electron chi connectivity index (χ4n) is 3.94. The summed E-state index contributed by atoms with van der Waals surface area (Å²) in [5.74, 6) is -0.464. The molecule has 0 radical (unpaired) electrons. The molecule has 0 amide bonds. The minimum atomic E-state index is -0.377. The van der Waals surface area contributed by atoms with Crippen LogP contribution in [0.4, 0.5) is 0 Å². The second kappa shape index (κ2) is 12.7. The van der Waals surface area contributed by atoms with Gasteiger partial charge >= 0.3 is 5.97 Å². The summed E-state index contributed by atoms with van der Waals surface area (Å²) in [6.07, 6.45) is 6.64. The Labute approximate surface area is 180 Å². The van der Waals surface area contributed by atoms with Crippen molar-refractivity contribution in [1.29, 1.82) is 0 Å². The first kappa shape index (κ1) is 24.3. The topological polar surface area (TPSA) is 76.0 Å². The molecule has 2 N–H and O–H groups in total. The second-order valence-electron chi connectivity index (χ2n) is 8.26. The van der Waals surface area contributed by atoms with Gasteiger partial charge in [-0.05, 0) is 54.7 Å². The van der Waals surface area contributed by atoms with Crippen molar-refractivity contribution in [2.45, 2.75) is 63.9 Å². The van der Waals surface area contributed by atoms with E-state index in [1.165, 1.54) is 30.4 Å². The van der Waals surface area contributed by atoms with Crippen LogP contribution in [0.3, 0.4) is 0 Å². The van der Waals surface area contributed by atoms with Gasteiger partial charge in [0, 0.05) is 0 Å². The summed E-state index contributed by atoms with van der Waals surface area (Å²) in [5, 5.41) is 18.3. The van der Waals surface area contributed by atoms with E-state index in [4.69, 9.17) is 14.6 Å². The van der Waals surface area contributed by atoms with Crippen molar-refractivity contribution in [2.75, 3.05) is 19.8 Å². The smallest absolute Gasteiger partial charge is 0.314 e. The van der Waals surface area contributed by atoms with Gasteiger partial charge in [0.05, 0.1) is 25.2 Å².